The summed E-state index contributed by atoms with van der Waals surface area (Å²) in [5.41, 5.74) is 2.60. The van der Waals surface area contributed by atoms with Gasteiger partial charge in [-0.1, -0.05) is 30.3 Å². The van der Waals surface area contributed by atoms with E-state index in [9.17, 15) is 0 Å². The van der Waals surface area contributed by atoms with E-state index >= 15 is 0 Å². The molecule has 0 saturated carbocycles. The van der Waals surface area contributed by atoms with Gasteiger partial charge in [0.2, 0.25) is 0 Å². The number of benzene rings is 1. The molecule has 0 radical (unpaired) electrons. The SMILES string of the molecule is CN=C(NCc1ccnc(N2CCCC2)c1)NC(C)CCc1ccccc1.I. The number of pyridine rings is 1. The zero-order valence-corrected chi connectivity index (χ0v) is 19.2. The topological polar surface area (TPSA) is 52.6 Å². The van der Waals surface area contributed by atoms with Crippen LogP contribution in [0.25, 0.3) is 0 Å². The second-order valence-corrected chi connectivity index (χ2v) is 7.21. The molecular weight excluding hydrogens is 461 g/mol. The molecule has 28 heavy (non-hydrogen) atoms. The van der Waals surface area contributed by atoms with E-state index in [-0.39, 0.29) is 24.0 Å². The van der Waals surface area contributed by atoms with Crippen LogP contribution in [0.4, 0.5) is 5.82 Å². The maximum absolute atomic E-state index is 4.52. The fourth-order valence-electron chi connectivity index (χ4n) is 3.40. The predicted molar refractivity (Wildman–Crippen MR) is 129 cm³/mol. The Morgan fingerprint density at radius 1 is 1.14 bits per heavy atom. The highest BCUT2D eigenvalue weighted by atomic mass is 127. The Morgan fingerprint density at radius 3 is 2.61 bits per heavy atom. The monoisotopic (exact) mass is 493 g/mol. The summed E-state index contributed by atoms with van der Waals surface area (Å²) in [6.45, 7) is 5.18. The van der Waals surface area contributed by atoms with Gasteiger partial charge in [-0.05, 0) is 55.9 Å². The van der Waals surface area contributed by atoms with E-state index in [1.54, 1.807) is 0 Å². The Morgan fingerprint density at radius 2 is 1.89 bits per heavy atom. The summed E-state index contributed by atoms with van der Waals surface area (Å²) < 4.78 is 0. The van der Waals surface area contributed by atoms with Crippen LogP contribution in [0.2, 0.25) is 0 Å². The Bertz CT molecular complexity index is 729. The van der Waals surface area contributed by atoms with E-state index < -0.39 is 0 Å². The van der Waals surface area contributed by atoms with Crippen molar-refractivity contribution in [2.24, 2.45) is 4.99 Å². The minimum Gasteiger partial charge on any atom is -0.357 e. The Balaban J connectivity index is 0.00000280. The van der Waals surface area contributed by atoms with Crippen LogP contribution in [0.5, 0.6) is 0 Å². The lowest BCUT2D eigenvalue weighted by molar-refractivity contribution is 0.593. The molecular formula is C22H32IN5. The van der Waals surface area contributed by atoms with Gasteiger partial charge in [0.1, 0.15) is 5.82 Å². The highest BCUT2D eigenvalue weighted by Gasteiger charge is 2.13. The molecule has 1 aromatic carbocycles. The number of hydrogen-bond acceptors (Lipinski definition) is 3. The molecule has 1 fully saturated rings. The first kappa shape index (κ1) is 22.5. The molecule has 1 unspecified atom stereocenters. The van der Waals surface area contributed by atoms with Crippen molar-refractivity contribution in [2.45, 2.75) is 45.2 Å². The van der Waals surface area contributed by atoms with E-state index in [1.807, 2.05) is 13.2 Å². The Hall–Kier alpha value is -1.83. The van der Waals surface area contributed by atoms with E-state index in [0.29, 0.717) is 6.04 Å². The molecule has 5 nitrogen and oxygen atoms in total. The number of halogens is 1. The van der Waals surface area contributed by atoms with Crippen LogP contribution in [0.3, 0.4) is 0 Å². The summed E-state index contributed by atoms with van der Waals surface area (Å²) in [6.07, 6.45) is 6.57. The lowest BCUT2D eigenvalue weighted by Gasteiger charge is -2.19. The van der Waals surface area contributed by atoms with Crippen LogP contribution in [-0.4, -0.2) is 37.1 Å². The van der Waals surface area contributed by atoms with Gasteiger partial charge in [-0.15, -0.1) is 24.0 Å². The van der Waals surface area contributed by atoms with E-state index in [1.165, 1.54) is 24.0 Å². The van der Waals surface area contributed by atoms with Crippen molar-refractivity contribution in [3.8, 4) is 0 Å². The lowest BCUT2D eigenvalue weighted by atomic mass is 10.1. The van der Waals surface area contributed by atoms with Crippen LogP contribution < -0.4 is 15.5 Å². The van der Waals surface area contributed by atoms with Crippen molar-refractivity contribution in [1.82, 2.24) is 15.6 Å². The van der Waals surface area contributed by atoms with Crippen molar-refractivity contribution >= 4 is 35.8 Å². The number of aromatic nitrogens is 1. The van der Waals surface area contributed by atoms with Gasteiger partial charge in [-0.2, -0.15) is 0 Å². The van der Waals surface area contributed by atoms with Crippen molar-refractivity contribution in [2.75, 3.05) is 25.0 Å². The third kappa shape index (κ3) is 6.96. The molecule has 2 N–H and O–H groups in total. The minimum atomic E-state index is 0. The molecule has 2 aromatic rings. The second kappa shape index (κ2) is 11.9. The van der Waals surface area contributed by atoms with Gasteiger partial charge in [0.05, 0.1) is 0 Å². The lowest BCUT2D eigenvalue weighted by Crippen LogP contribution is -2.42. The molecule has 1 aliphatic heterocycles. The van der Waals surface area contributed by atoms with Crippen LogP contribution in [-0.2, 0) is 13.0 Å². The molecule has 152 valence electrons. The number of anilines is 1. The number of hydrogen-bond donors (Lipinski definition) is 2. The van der Waals surface area contributed by atoms with Crippen LogP contribution in [0.1, 0.15) is 37.3 Å². The van der Waals surface area contributed by atoms with Crippen LogP contribution in [0.15, 0.2) is 53.7 Å². The summed E-state index contributed by atoms with van der Waals surface area (Å²) in [5, 5.41) is 6.91. The molecule has 0 amide bonds. The average Bonchev–Trinajstić information content (AvgIpc) is 3.25. The summed E-state index contributed by atoms with van der Waals surface area (Å²) in [7, 11) is 1.82. The first-order valence-corrected chi connectivity index (χ1v) is 9.95. The quantitative estimate of drug-likeness (QED) is 0.348. The molecule has 6 heteroatoms. The molecule has 3 rings (SSSR count). The van der Waals surface area contributed by atoms with E-state index in [4.69, 9.17) is 0 Å². The van der Waals surface area contributed by atoms with Gasteiger partial charge in [0, 0.05) is 38.9 Å². The highest BCUT2D eigenvalue weighted by molar-refractivity contribution is 14.0. The maximum Gasteiger partial charge on any atom is 0.191 e. The van der Waals surface area contributed by atoms with Crippen molar-refractivity contribution < 1.29 is 0 Å². The fourth-order valence-corrected chi connectivity index (χ4v) is 3.40. The minimum absolute atomic E-state index is 0. The van der Waals surface area contributed by atoms with Crippen molar-refractivity contribution in [3.05, 3.63) is 59.8 Å². The molecule has 1 atom stereocenters. The third-order valence-electron chi connectivity index (χ3n) is 5.02. The van der Waals surface area contributed by atoms with Crippen LogP contribution >= 0.6 is 24.0 Å². The van der Waals surface area contributed by atoms with E-state index in [2.05, 4.69) is 74.9 Å². The third-order valence-corrected chi connectivity index (χ3v) is 5.02. The number of nitrogens with zero attached hydrogens (tertiary/aromatic N) is 3. The summed E-state index contributed by atoms with van der Waals surface area (Å²) in [5.74, 6) is 1.93. The number of guanidine groups is 1. The fraction of sp³-hybridized carbons (Fsp3) is 0.455. The standard InChI is InChI=1S/C22H31N5.HI/c1-18(10-11-19-8-4-3-5-9-19)26-22(23-2)25-17-20-12-13-24-21(16-20)27-14-6-7-15-27;/h3-5,8-9,12-13,16,18H,6-7,10-11,14-15,17H2,1-2H3,(H2,23,25,26);1H. The number of nitrogens with one attached hydrogen (secondary N) is 2. The van der Waals surface area contributed by atoms with Crippen molar-refractivity contribution in [3.63, 3.8) is 0 Å². The molecule has 0 bridgehead atoms. The van der Waals surface area contributed by atoms with Gasteiger partial charge in [0.25, 0.3) is 0 Å². The second-order valence-electron chi connectivity index (χ2n) is 7.21. The summed E-state index contributed by atoms with van der Waals surface area (Å²) in [6, 6.07) is 15.2. The zero-order chi connectivity index (χ0) is 18.9. The Labute approximate surface area is 186 Å². The highest BCUT2D eigenvalue weighted by Crippen LogP contribution is 2.18. The molecule has 1 aliphatic rings. The molecule has 1 aromatic heterocycles. The Kier molecular flexibility index (Phi) is 9.54. The molecule has 0 spiro atoms. The van der Waals surface area contributed by atoms with Gasteiger partial charge < -0.3 is 15.5 Å². The molecule has 1 saturated heterocycles. The van der Waals surface area contributed by atoms with Gasteiger partial charge in [-0.3, -0.25) is 4.99 Å². The van der Waals surface area contributed by atoms with Gasteiger partial charge in [-0.25, -0.2) is 4.98 Å². The zero-order valence-electron chi connectivity index (χ0n) is 16.9. The maximum atomic E-state index is 4.52. The molecule has 0 aliphatic carbocycles. The first-order valence-electron chi connectivity index (χ1n) is 9.95. The predicted octanol–water partition coefficient (Wildman–Crippen LogP) is 3.99. The largest absolute Gasteiger partial charge is 0.357 e. The summed E-state index contributed by atoms with van der Waals surface area (Å²) >= 11 is 0. The average molecular weight is 493 g/mol. The normalized spacial score (nSPS) is 15.1. The van der Waals surface area contributed by atoms with E-state index in [0.717, 1.165) is 44.3 Å². The number of aliphatic imine (C=N–C) groups is 1. The first-order chi connectivity index (χ1) is 13.2. The van der Waals surface area contributed by atoms with Crippen LogP contribution in [0, 0.1) is 0 Å². The van der Waals surface area contributed by atoms with Crippen molar-refractivity contribution in [1.29, 1.82) is 0 Å². The van der Waals surface area contributed by atoms with Gasteiger partial charge in [0.15, 0.2) is 5.96 Å². The number of rotatable bonds is 7. The summed E-state index contributed by atoms with van der Waals surface area (Å²) in [4.78, 5) is 11.3. The smallest absolute Gasteiger partial charge is 0.191 e. The molecule has 2 heterocycles. The number of aryl methyl sites for hydroxylation is 1. The van der Waals surface area contributed by atoms with Gasteiger partial charge >= 0.3 is 0 Å².